The number of carbonyl (C=O) groups excluding carboxylic acids is 4. The topological polar surface area (TPSA) is 182 Å². The summed E-state index contributed by atoms with van der Waals surface area (Å²) in [5, 5.41) is 16.6. The molecule has 1 unspecified atom stereocenters. The van der Waals surface area contributed by atoms with Gasteiger partial charge in [0.15, 0.2) is 0 Å². The van der Waals surface area contributed by atoms with Crippen LogP contribution in [0.1, 0.15) is 89.7 Å². The number of carbonyl (C=O) groups is 4. The van der Waals surface area contributed by atoms with E-state index in [0.717, 1.165) is 86.5 Å². The van der Waals surface area contributed by atoms with Gasteiger partial charge in [-0.05, 0) is 110 Å². The molecule has 3 N–H and O–H groups in total. The van der Waals surface area contributed by atoms with Crippen molar-refractivity contribution in [3.05, 3.63) is 101 Å². The van der Waals surface area contributed by atoms with Gasteiger partial charge in [-0.2, -0.15) is 0 Å². The molecule has 17 heteroatoms. The predicted octanol–water partition coefficient (Wildman–Crippen LogP) is 5.31. The van der Waals surface area contributed by atoms with E-state index in [4.69, 9.17) is 9.72 Å². The molecule has 4 aromatic heterocycles. The highest BCUT2D eigenvalue weighted by Gasteiger charge is 2.41. The van der Waals surface area contributed by atoms with E-state index in [2.05, 4.69) is 72.8 Å². The fourth-order valence-electron chi connectivity index (χ4n) is 11.8. The molecule has 69 heavy (non-hydrogen) atoms. The summed E-state index contributed by atoms with van der Waals surface area (Å²) >= 11 is 0. The summed E-state index contributed by atoms with van der Waals surface area (Å²) in [4.78, 5) is 76.4. The number of nitrogens with zero attached hydrogens (tertiary/aromatic N) is 9. The molecule has 17 nitrogen and oxygen atoms in total. The molecular weight excluding hydrogens is 875 g/mol. The standard InChI is InChI=1S/C52H59N11O6/c1-31-28-59(35-12-15-58(16-13-35)36-5-7-39-34(21-36)29-63(50(39)67)42-8-10-46(65)57-48(42)66)17-18-60(31)37-6-9-45(54-27-37)56-41-22-33(26-55-49(41)69-4)38-11-14-53-47(40(38)30-64)62-20-19-61-43(51(62)68)23-32-24-52(2,3)25-44(32)61/h5-7,9,11,14,21-23,26-27,31,35,42,64H,8,10,12-13,15-20,24-25,28-30H2,1-4H3,(H,54,56)(H,57,65,66)/t31-,42?/m0/s1. The number of methoxy groups -OCH3 is 1. The molecule has 0 saturated carbocycles. The molecule has 11 rings (SSSR count). The van der Waals surface area contributed by atoms with Gasteiger partial charge >= 0.3 is 0 Å². The number of ether oxygens (including phenoxy) is 1. The van der Waals surface area contributed by atoms with Crippen LogP contribution in [0.3, 0.4) is 0 Å². The first kappa shape index (κ1) is 44.6. The van der Waals surface area contributed by atoms with Crippen LogP contribution >= 0.6 is 0 Å². The summed E-state index contributed by atoms with van der Waals surface area (Å²) in [7, 11) is 1.58. The van der Waals surface area contributed by atoms with Gasteiger partial charge in [0.2, 0.25) is 17.7 Å². The molecule has 0 bridgehead atoms. The van der Waals surface area contributed by atoms with E-state index < -0.39 is 11.9 Å². The van der Waals surface area contributed by atoms with Crippen LogP contribution in [0.5, 0.6) is 5.88 Å². The largest absolute Gasteiger partial charge is 0.480 e. The van der Waals surface area contributed by atoms with Crippen LogP contribution in [0.4, 0.5) is 28.7 Å². The Balaban J connectivity index is 0.712. The Morgan fingerprint density at radius 3 is 2.41 bits per heavy atom. The highest BCUT2D eigenvalue weighted by Crippen LogP contribution is 2.41. The molecule has 4 amide bonds. The number of aliphatic hydroxyl groups is 1. The van der Waals surface area contributed by atoms with Crippen LogP contribution in [0.15, 0.2) is 67.1 Å². The molecule has 0 radical (unpaired) electrons. The average Bonchev–Trinajstić information content (AvgIpc) is 3.97. The van der Waals surface area contributed by atoms with Crippen LogP contribution in [0.2, 0.25) is 0 Å². The third-order valence-electron chi connectivity index (χ3n) is 15.3. The second-order valence-electron chi connectivity index (χ2n) is 20.3. The molecule has 5 aliphatic heterocycles. The highest BCUT2D eigenvalue weighted by molar-refractivity contribution is 6.07. The number of aromatic nitrogens is 4. The number of imide groups is 1. The third kappa shape index (κ3) is 8.14. The van der Waals surface area contributed by atoms with Gasteiger partial charge in [-0.25, -0.2) is 15.0 Å². The average molecular weight is 934 g/mol. The second kappa shape index (κ2) is 17.6. The maximum Gasteiger partial charge on any atom is 0.276 e. The first-order valence-corrected chi connectivity index (χ1v) is 24.3. The van der Waals surface area contributed by atoms with E-state index in [1.807, 2.05) is 42.6 Å². The minimum Gasteiger partial charge on any atom is -0.480 e. The minimum atomic E-state index is -0.615. The Hall–Kier alpha value is -6.85. The van der Waals surface area contributed by atoms with Crippen molar-refractivity contribution in [3.63, 3.8) is 0 Å². The monoisotopic (exact) mass is 933 g/mol. The molecular formula is C52H59N11O6. The molecule has 0 spiro atoms. The van der Waals surface area contributed by atoms with E-state index in [1.54, 1.807) is 29.3 Å². The van der Waals surface area contributed by atoms with Crippen molar-refractivity contribution in [1.29, 1.82) is 0 Å². The van der Waals surface area contributed by atoms with Crippen molar-refractivity contribution in [3.8, 4) is 17.0 Å². The van der Waals surface area contributed by atoms with Gasteiger partial charge in [-0.1, -0.05) is 13.8 Å². The Labute approximate surface area is 401 Å². The molecule has 3 fully saturated rings. The number of anilines is 5. The van der Waals surface area contributed by atoms with Gasteiger partial charge in [-0.3, -0.25) is 34.3 Å². The number of fused-ring (bicyclic) bond motifs is 4. The summed E-state index contributed by atoms with van der Waals surface area (Å²) in [5.41, 5.74) is 9.73. The zero-order chi connectivity index (χ0) is 47.7. The lowest BCUT2D eigenvalue weighted by Gasteiger charge is -2.46. The Bertz CT molecular complexity index is 2870. The summed E-state index contributed by atoms with van der Waals surface area (Å²) in [6, 6.07) is 16.1. The zero-order valence-corrected chi connectivity index (χ0v) is 39.7. The number of nitrogens with one attached hydrogen (secondary N) is 2. The summed E-state index contributed by atoms with van der Waals surface area (Å²) in [5.74, 6) is 0.547. The van der Waals surface area contributed by atoms with Crippen LogP contribution in [0.25, 0.3) is 11.1 Å². The summed E-state index contributed by atoms with van der Waals surface area (Å²) < 4.78 is 7.85. The molecule has 1 aliphatic carbocycles. The second-order valence-corrected chi connectivity index (χ2v) is 20.3. The lowest BCUT2D eigenvalue weighted by Crippen LogP contribution is -2.57. The van der Waals surface area contributed by atoms with Gasteiger partial charge in [0.1, 0.15) is 29.1 Å². The fourth-order valence-corrected chi connectivity index (χ4v) is 11.8. The van der Waals surface area contributed by atoms with E-state index in [1.165, 1.54) is 11.3 Å². The number of benzene rings is 1. The Morgan fingerprint density at radius 2 is 1.65 bits per heavy atom. The third-order valence-corrected chi connectivity index (χ3v) is 15.3. The smallest absolute Gasteiger partial charge is 0.276 e. The maximum atomic E-state index is 14.0. The maximum absolute atomic E-state index is 14.0. The van der Waals surface area contributed by atoms with Crippen molar-refractivity contribution < 1.29 is 29.0 Å². The van der Waals surface area contributed by atoms with Gasteiger partial charge in [0.25, 0.3) is 11.8 Å². The number of hydrogen-bond donors (Lipinski definition) is 3. The van der Waals surface area contributed by atoms with Crippen molar-refractivity contribution in [1.82, 2.24) is 34.6 Å². The van der Waals surface area contributed by atoms with Crippen LogP contribution < -0.4 is 30.1 Å². The number of hydrogen-bond acceptors (Lipinski definition) is 13. The molecule has 2 atom stereocenters. The molecule has 6 aliphatic rings. The lowest BCUT2D eigenvalue weighted by atomic mass is 9.90. The van der Waals surface area contributed by atoms with E-state index in [9.17, 15) is 24.3 Å². The molecule has 5 aromatic rings. The van der Waals surface area contributed by atoms with Crippen molar-refractivity contribution in [2.24, 2.45) is 5.41 Å². The number of amides is 4. The normalized spacial score (nSPS) is 21.6. The van der Waals surface area contributed by atoms with E-state index in [0.29, 0.717) is 72.1 Å². The van der Waals surface area contributed by atoms with E-state index in [-0.39, 0.29) is 42.2 Å². The SMILES string of the molecule is COc1ncc(-c2ccnc(N3CCn4c(cc5c4CC(C)(C)C5)C3=O)c2CO)cc1Nc1ccc(N2CCN(C3CCN(c4ccc5c(c4)CN(C4CCC(=O)NC4=O)C5=O)CC3)C[C@@H]2C)cn1. The van der Waals surface area contributed by atoms with Gasteiger partial charge in [-0.15, -0.1) is 0 Å². The van der Waals surface area contributed by atoms with Crippen molar-refractivity contribution in [2.45, 2.75) is 97.1 Å². The molecule has 1 aromatic carbocycles. The molecule has 358 valence electrons. The first-order valence-electron chi connectivity index (χ1n) is 24.3. The summed E-state index contributed by atoms with van der Waals surface area (Å²) in [6.45, 7) is 12.6. The Kier molecular flexibility index (Phi) is 11.4. The van der Waals surface area contributed by atoms with Crippen LogP contribution in [-0.2, 0) is 42.1 Å². The lowest BCUT2D eigenvalue weighted by molar-refractivity contribution is -0.136. The zero-order valence-electron chi connectivity index (χ0n) is 39.7. The Morgan fingerprint density at radius 1 is 0.826 bits per heavy atom. The van der Waals surface area contributed by atoms with Crippen molar-refractivity contribution >= 4 is 52.3 Å². The van der Waals surface area contributed by atoms with E-state index >= 15 is 0 Å². The number of piperazine rings is 1. The number of rotatable bonds is 10. The fraction of sp³-hybridized carbons (Fsp3) is 0.442. The van der Waals surface area contributed by atoms with Gasteiger partial charge in [0.05, 0.1) is 25.6 Å². The van der Waals surface area contributed by atoms with Crippen LogP contribution in [-0.4, -0.2) is 123 Å². The predicted molar refractivity (Wildman–Crippen MR) is 261 cm³/mol. The number of piperidine rings is 2. The quantitative estimate of drug-likeness (QED) is 0.154. The molecule has 9 heterocycles. The first-order chi connectivity index (χ1) is 33.4. The summed E-state index contributed by atoms with van der Waals surface area (Å²) in [6.07, 6.45) is 9.89. The molecule has 3 saturated heterocycles. The van der Waals surface area contributed by atoms with Gasteiger partial charge in [0, 0.05) is 111 Å². The minimum absolute atomic E-state index is 0.108. The number of pyridine rings is 3. The van der Waals surface area contributed by atoms with Crippen LogP contribution in [0, 0.1) is 5.41 Å². The highest BCUT2D eigenvalue weighted by atomic mass is 16.5. The van der Waals surface area contributed by atoms with Crippen molar-refractivity contribution in [2.75, 3.05) is 66.4 Å². The number of aliphatic hydroxyl groups excluding tert-OH is 1. The van der Waals surface area contributed by atoms with Gasteiger partial charge < -0.3 is 34.4 Å².